The van der Waals surface area contributed by atoms with Crippen molar-refractivity contribution in [2.45, 2.75) is 0 Å². The lowest BCUT2D eigenvalue weighted by molar-refractivity contribution is -0.115. The second kappa shape index (κ2) is 8.52. The van der Waals surface area contributed by atoms with Crippen LogP contribution < -0.4 is 10.6 Å². The number of thiocarbonyl (C=S) groups is 1. The van der Waals surface area contributed by atoms with Gasteiger partial charge in [-0.1, -0.05) is 0 Å². The van der Waals surface area contributed by atoms with Crippen molar-refractivity contribution in [3.05, 3.63) is 71.1 Å². The van der Waals surface area contributed by atoms with Crippen molar-refractivity contribution in [2.24, 2.45) is 0 Å². The number of halogens is 1. The molecule has 7 nitrogen and oxygen atoms in total. The van der Waals surface area contributed by atoms with Gasteiger partial charge in [0.25, 0.3) is 0 Å². The van der Waals surface area contributed by atoms with Gasteiger partial charge < -0.3 is 19.3 Å². The number of carbonyl (C=O) groups is 1. The van der Waals surface area contributed by atoms with E-state index in [1.165, 1.54) is 12.3 Å². The fourth-order valence-electron chi connectivity index (χ4n) is 2.63. The number of rotatable bonds is 4. The fourth-order valence-corrected chi connectivity index (χ4v) is 3.23. The second-order valence-corrected chi connectivity index (χ2v) is 7.42. The molecule has 4 aromatic rings. The number of nitrogens with zero attached hydrogens (tertiary/aromatic N) is 1. The average Bonchev–Trinajstić information content (AvgIpc) is 3.37. The molecular formula is C21H14BrN3O4S. The summed E-state index contributed by atoms with van der Waals surface area (Å²) in [6.07, 6.45) is 4.40. The van der Waals surface area contributed by atoms with Gasteiger partial charge in [-0.15, -0.1) is 0 Å². The molecule has 150 valence electrons. The normalized spacial score (nSPS) is 11.1. The fraction of sp³-hybridized carbons (Fsp3) is 0. The first-order valence-electron chi connectivity index (χ1n) is 8.71. The van der Waals surface area contributed by atoms with E-state index in [1.54, 1.807) is 54.6 Å². The number of anilines is 1. The van der Waals surface area contributed by atoms with E-state index in [9.17, 15) is 9.90 Å². The molecule has 0 radical (unpaired) electrons. The summed E-state index contributed by atoms with van der Waals surface area (Å²) in [6.45, 7) is 0. The SMILES string of the molecule is O=C(C=Cc1ccco1)NC(=S)Nc1ccc2oc(-c3ccc(O)c(Br)c3)nc2c1. The van der Waals surface area contributed by atoms with Gasteiger partial charge in [-0.2, -0.15) is 0 Å². The number of aromatic hydroxyl groups is 1. The van der Waals surface area contributed by atoms with Gasteiger partial charge in [0.05, 0.1) is 10.7 Å². The molecule has 9 heteroatoms. The zero-order chi connectivity index (χ0) is 21.1. The number of fused-ring (bicyclic) bond motifs is 1. The largest absolute Gasteiger partial charge is 0.507 e. The second-order valence-electron chi connectivity index (χ2n) is 6.16. The molecule has 0 bridgehead atoms. The van der Waals surface area contributed by atoms with Gasteiger partial charge >= 0.3 is 0 Å². The molecule has 0 saturated heterocycles. The van der Waals surface area contributed by atoms with Gasteiger partial charge in [-0.25, -0.2) is 4.98 Å². The highest BCUT2D eigenvalue weighted by Crippen LogP contribution is 2.31. The number of nitrogens with one attached hydrogen (secondary N) is 2. The van der Waals surface area contributed by atoms with Crippen molar-refractivity contribution >= 4 is 62.0 Å². The summed E-state index contributed by atoms with van der Waals surface area (Å²) < 4.78 is 11.5. The van der Waals surface area contributed by atoms with Crippen LogP contribution in [0.15, 0.2) is 74.2 Å². The third kappa shape index (κ3) is 4.58. The molecular weight excluding hydrogens is 470 g/mol. The zero-order valence-electron chi connectivity index (χ0n) is 15.3. The molecule has 2 aromatic carbocycles. The van der Waals surface area contributed by atoms with Crippen LogP contribution in [0.25, 0.3) is 28.6 Å². The Hall–Kier alpha value is -3.43. The molecule has 0 saturated carbocycles. The average molecular weight is 484 g/mol. The summed E-state index contributed by atoms with van der Waals surface area (Å²) in [5.74, 6) is 0.737. The highest BCUT2D eigenvalue weighted by molar-refractivity contribution is 9.10. The first-order valence-corrected chi connectivity index (χ1v) is 9.91. The summed E-state index contributed by atoms with van der Waals surface area (Å²) >= 11 is 8.46. The van der Waals surface area contributed by atoms with E-state index in [2.05, 4.69) is 31.5 Å². The first-order chi connectivity index (χ1) is 14.5. The van der Waals surface area contributed by atoms with Gasteiger partial charge in [-0.05, 0) is 82.8 Å². The highest BCUT2D eigenvalue weighted by Gasteiger charge is 2.11. The van der Waals surface area contributed by atoms with Crippen molar-refractivity contribution in [2.75, 3.05) is 5.32 Å². The summed E-state index contributed by atoms with van der Waals surface area (Å²) in [4.78, 5) is 16.4. The van der Waals surface area contributed by atoms with Crippen LogP contribution >= 0.6 is 28.1 Å². The minimum Gasteiger partial charge on any atom is -0.507 e. The van der Waals surface area contributed by atoms with E-state index in [0.717, 1.165) is 5.56 Å². The summed E-state index contributed by atoms with van der Waals surface area (Å²) in [5, 5.41) is 15.3. The summed E-state index contributed by atoms with van der Waals surface area (Å²) in [7, 11) is 0. The maximum Gasteiger partial charge on any atom is 0.250 e. The molecule has 3 N–H and O–H groups in total. The Morgan fingerprint density at radius 2 is 2.07 bits per heavy atom. The monoisotopic (exact) mass is 483 g/mol. The van der Waals surface area contributed by atoms with Crippen molar-refractivity contribution in [3.63, 3.8) is 0 Å². The van der Waals surface area contributed by atoms with Crippen LogP contribution in [0.4, 0.5) is 5.69 Å². The third-order valence-electron chi connectivity index (χ3n) is 4.02. The van der Waals surface area contributed by atoms with Crippen LogP contribution in [0.5, 0.6) is 5.75 Å². The summed E-state index contributed by atoms with van der Waals surface area (Å²) in [6, 6.07) is 13.7. The predicted octanol–water partition coefficient (Wildman–Crippen LogP) is 5.08. The van der Waals surface area contributed by atoms with E-state index < -0.39 is 0 Å². The number of hydrogen-bond donors (Lipinski definition) is 3. The lowest BCUT2D eigenvalue weighted by atomic mass is 10.2. The Labute approximate surface area is 184 Å². The first kappa shape index (κ1) is 19.9. The van der Waals surface area contributed by atoms with Crippen LogP contribution in [-0.4, -0.2) is 21.1 Å². The lowest BCUT2D eigenvalue weighted by Crippen LogP contribution is -2.32. The number of phenols is 1. The molecule has 4 rings (SSSR count). The standard InChI is InChI=1S/C21H14BrN3O4S/c22-15-10-12(3-6-17(15)26)20-24-16-11-13(4-7-18(16)29-20)23-21(30)25-19(27)8-5-14-2-1-9-28-14/h1-11,26H,(H2,23,25,27,30). The number of phenolic OH excluding ortho intramolecular Hbond substituents is 1. The molecule has 0 unspecified atom stereocenters. The molecule has 2 heterocycles. The van der Waals surface area contributed by atoms with E-state index in [-0.39, 0.29) is 16.8 Å². The van der Waals surface area contributed by atoms with Crippen LogP contribution in [0.1, 0.15) is 5.76 Å². The molecule has 0 spiro atoms. The van der Waals surface area contributed by atoms with Crippen molar-refractivity contribution in [1.82, 2.24) is 10.3 Å². The topological polar surface area (TPSA) is 101 Å². The Morgan fingerprint density at radius 3 is 2.83 bits per heavy atom. The number of amides is 1. The molecule has 0 aliphatic heterocycles. The van der Waals surface area contributed by atoms with Crippen molar-refractivity contribution in [1.29, 1.82) is 0 Å². The molecule has 30 heavy (non-hydrogen) atoms. The van der Waals surface area contributed by atoms with Crippen LogP contribution in [-0.2, 0) is 4.79 Å². The minimum absolute atomic E-state index is 0.135. The number of carbonyl (C=O) groups excluding carboxylic acids is 1. The quantitative estimate of drug-likeness (QED) is 0.274. The maximum absolute atomic E-state index is 11.9. The number of furan rings is 1. The Morgan fingerprint density at radius 1 is 1.20 bits per heavy atom. The van der Waals surface area contributed by atoms with E-state index in [4.69, 9.17) is 21.1 Å². The van der Waals surface area contributed by atoms with Gasteiger partial charge in [0.1, 0.15) is 17.0 Å². The van der Waals surface area contributed by atoms with Crippen molar-refractivity contribution in [3.8, 4) is 17.2 Å². The Kier molecular flexibility index (Phi) is 5.64. The molecule has 0 fully saturated rings. The van der Waals surface area contributed by atoms with Crippen molar-refractivity contribution < 1.29 is 18.7 Å². The lowest BCUT2D eigenvalue weighted by Gasteiger charge is -2.07. The van der Waals surface area contributed by atoms with Crippen LogP contribution in [0.3, 0.4) is 0 Å². The van der Waals surface area contributed by atoms with E-state index >= 15 is 0 Å². The molecule has 1 amide bonds. The smallest absolute Gasteiger partial charge is 0.250 e. The predicted molar refractivity (Wildman–Crippen MR) is 121 cm³/mol. The third-order valence-corrected chi connectivity index (χ3v) is 4.86. The number of aromatic nitrogens is 1. The molecule has 0 atom stereocenters. The van der Waals surface area contributed by atoms with E-state index in [1.807, 2.05) is 0 Å². The van der Waals surface area contributed by atoms with Gasteiger partial charge in [0, 0.05) is 17.3 Å². The van der Waals surface area contributed by atoms with Gasteiger partial charge in [-0.3, -0.25) is 10.1 Å². The summed E-state index contributed by atoms with van der Waals surface area (Å²) in [5.41, 5.74) is 2.58. The number of oxazole rings is 1. The van der Waals surface area contributed by atoms with Gasteiger partial charge in [0.15, 0.2) is 10.7 Å². The number of benzene rings is 2. The zero-order valence-corrected chi connectivity index (χ0v) is 17.7. The van der Waals surface area contributed by atoms with E-state index in [0.29, 0.717) is 32.9 Å². The van der Waals surface area contributed by atoms with Crippen LogP contribution in [0.2, 0.25) is 0 Å². The number of hydrogen-bond acceptors (Lipinski definition) is 6. The minimum atomic E-state index is -0.383. The highest BCUT2D eigenvalue weighted by atomic mass is 79.9. The Balaban J connectivity index is 1.45. The maximum atomic E-state index is 11.9. The molecule has 2 aromatic heterocycles. The Bertz CT molecular complexity index is 1260. The van der Waals surface area contributed by atoms with Crippen LogP contribution in [0, 0.1) is 0 Å². The molecule has 0 aliphatic rings. The molecule has 0 aliphatic carbocycles. The van der Waals surface area contributed by atoms with Gasteiger partial charge in [0.2, 0.25) is 11.8 Å².